The summed E-state index contributed by atoms with van der Waals surface area (Å²) in [5.41, 5.74) is 2.22. The Hall–Kier alpha value is -1.65. The molecule has 1 N–H and O–H groups in total. The van der Waals surface area contributed by atoms with Crippen LogP contribution in [0.2, 0.25) is 0 Å². The first kappa shape index (κ1) is 12.8. The summed E-state index contributed by atoms with van der Waals surface area (Å²) in [6.07, 6.45) is 5.47. The van der Waals surface area contributed by atoms with Gasteiger partial charge in [0.15, 0.2) is 0 Å². The lowest BCUT2D eigenvalue weighted by Gasteiger charge is -2.29. The monoisotopic (exact) mass is 249 g/mol. The molecule has 1 aromatic rings. The van der Waals surface area contributed by atoms with E-state index in [4.69, 9.17) is 5.11 Å². The average molecular weight is 249 g/mol. The molecule has 0 radical (unpaired) electrons. The minimum absolute atomic E-state index is 0.00153. The number of fused-ring (bicyclic) bond motifs is 1. The van der Waals surface area contributed by atoms with Crippen molar-refractivity contribution >= 4 is 11.8 Å². The first-order valence-electron chi connectivity index (χ1n) is 6.44. The lowest BCUT2D eigenvalue weighted by molar-refractivity contribution is -0.135. The standard InChI is InChI=1S/C13H19N3O2/c1-3-9(2)16(7-12(17)18)13-10-5-4-6-11(10)14-8-15-13/h8-9H,3-7H2,1-2H3,(H,17,18). The van der Waals surface area contributed by atoms with Gasteiger partial charge in [-0.25, -0.2) is 9.97 Å². The maximum Gasteiger partial charge on any atom is 0.323 e. The summed E-state index contributed by atoms with van der Waals surface area (Å²) in [5, 5.41) is 9.05. The summed E-state index contributed by atoms with van der Waals surface area (Å²) in [6, 6.07) is 0.167. The number of anilines is 1. The van der Waals surface area contributed by atoms with Crippen molar-refractivity contribution < 1.29 is 9.90 Å². The molecule has 1 heterocycles. The summed E-state index contributed by atoms with van der Waals surface area (Å²) in [7, 11) is 0. The number of rotatable bonds is 5. The second-order valence-corrected chi connectivity index (χ2v) is 4.75. The highest BCUT2D eigenvalue weighted by atomic mass is 16.4. The Morgan fingerprint density at radius 1 is 1.50 bits per heavy atom. The van der Waals surface area contributed by atoms with Crippen molar-refractivity contribution in [2.75, 3.05) is 11.4 Å². The minimum Gasteiger partial charge on any atom is -0.480 e. The fraction of sp³-hybridized carbons (Fsp3) is 0.615. The van der Waals surface area contributed by atoms with Gasteiger partial charge in [-0.2, -0.15) is 0 Å². The van der Waals surface area contributed by atoms with E-state index < -0.39 is 5.97 Å². The molecule has 0 amide bonds. The van der Waals surface area contributed by atoms with E-state index in [0.717, 1.165) is 42.8 Å². The maximum absolute atomic E-state index is 11.0. The number of aromatic nitrogens is 2. The molecule has 98 valence electrons. The average Bonchev–Trinajstić information content (AvgIpc) is 2.83. The van der Waals surface area contributed by atoms with Crippen molar-refractivity contribution in [1.82, 2.24) is 9.97 Å². The van der Waals surface area contributed by atoms with Crippen LogP contribution in [0.25, 0.3) is 0 Å². The van der Waals surface area contributed by atoms with Gasteiger partial charge in [-0.1, -0.05) is 6.92 Å². The van der Waals surface area contributed by atoms with E-state index in [1.807, 2.05) is 11.8 Å². The highest BCUT2D eigenvalue weighted by Crippen LogP contribution is 2.29. The predicted molar refractivity (Wildman–Crippen MR) is 68.8 cm³/mol. The summed E-state index contributed by atoms with van der Waals surface area (Å²) in [5.74, 6) is -0.00471. The van der Waals surface area contributed by atoms with Crippen molar-refractivity contribution in [2.45, 2.75) is 45.6 Å². The van der Waals surface area contributed by atoms with Crippen molar-refractivity contribution in [3.8, 4) is 0 Å². The molecule has 0 saturated heterocycles. The Labute approximate surface area is 107 Å². The fourth-order valence-corrected chi connectivity index (χ4v) is 2.40. The molecule has 5 heteroatoms. The van der Waals surface area contributed by atoms with E-state index in [2.05, 4.69) is 16.9 Å². The second kappa shape index (κ2) is 5.33. The lowest BCUT2D eigenvalue weighted by atomic mass is 10.1. The van der Waals surface area contributed by atoms with Crippen LogP contribution >= 0.6 is 0 Å². The van der Waals surface area contributed by atoms with Crippen LogP contribution in [0.15, 0.2) is 6.33 Å². The van der Waals surface area contributed by atoms with Crippen LogP contribution in [0.3, 0.4) is 0 Å². The van der Waals surface area contributed by atoms with E-state index in [1.165, 1.54) is 0 Å². The van der Waals surface area contributed by atoms with Gasteiger partial charge in [-0.05, 0) is 32.6 Å². The van der Waals surface area contributed by atoms with Crippen molar-refractivity contribution in [3.05, 3.63) is 17.6 Å². The first-order valence-corrected chi connectivity index (χ1v) is 6.44. The molecule has 5 nitrogen and oxygen atoms in total. The SMILES string of the molecule is CCC(C)N(CC(=O)O)c1ncnc2c1CCC2. The van der Waals surface area contributed by atoms with Crippen LogP contribution in [0.4, 0.5) is 5.82 Å². The quantitative estimate of drug-likeness (QED) is 0.859. The third-order valence-electron chi connectivity index (χ3n) is 3.55. The van der Waals surface area contributed by atoms with Gasteiger partial charge in [-0.15, -0.1) is 0 Å². The fourth-order valence-electron chi connectivity index (χ4n) is 2.40. The lowest BCUT2D eigenvalue weighted by Crippen LogP contribution is -2.38. The molecular weight excluding hydrogens is 230 g/mol. The number of aliphatic carboxylic acids is 1. The molecule has 2 rings (SSSR count). The first-order chi connectivity index (χ1) is 8.63. The molecule has 1 aliphatic rings. The zero-order valence-electron chi connectivity index (χ0n) is 10.9. The zero-order valence-corrected chi connectivity index (χ0v) is 10.9. The predicted octanol–water partition coefficient (Wildman–Crippen LogP) is 1.65. The molecule has 1 atom stereocenters. The van der Waals surface area contributed by atoms with Gasteiger partial charge in [0, 0.05) is 17.3 Å². The molecule has 0 saturated carbocycles. The third kappa shape index (κ3) is 2.44. The molecule has 1 unspecified atom stereocenters. The Morgan fingerprint density at radius 3 is 2.94 bits per heavy atom. The zero-order chi connectivity index (χ0) is 13.1. The topological polar surface area (TPSA) is 66.3 Å². The van der Waals surface area contributed by atoms with Crippen LogP contribution in [0, 0.1) is 0 Å². The highest BCUT2D eigenvalue weighted by Gasteiger charge is 2.24. The van der Waals surface area contributed by atoms with Gasteiger partial charge in [0.2, 0.25) is 0 Å². The molecule has 1 aliphatic carbocycles. The summed E-state index contributed by atoms with van der Waals surface area (Å²) in [6.45, 7) is 4.09. The van der Waals surface area contributed by atoms with Crippen molar-refractivity contribution in [2.24, 2.45) is 0 Å². The molecule has 0 spiro atoms. The molecule has 1 aromatic heterocycles. The maximum atomic E-state index is 11.0. The third-order valence-corrected chi connectivity index (χ3v) is 3.55. The van der Waals surface area contributed by atoms with Crippen LogP contribution in [0.5, 0.6) is 0 Å². The smallest absolute Gasteiger partial charge is 0.323 e. The van der Waals surface area contributed by atoms with E-state index in [1.54, 1.807) is 6.33 Å². The number of aryl methyl sites for hydroxylation is 1. The Kier molecular flexibility index (Phi) is 3.79. The molecule has 18 heavy (non-hydrogen) atoms. The number of hydrogen-bond acceptors (Lipinski definition) is 4. The number of carboxylic acids is 1. The Bertz CT molecular complexity index is 448. The van der Waals surface area contributed by atoms with Gasteiger partial charge in [0.1, 0.15) is 18.7 Å². The molecule has 0 bridgehead atoms. The van der Waals surface area contributed by atoms with Crippen molar-refractivity contribution in [3.63, 3.8) is 0 Å². The summed E-state index contributed by atoms with van der Waals surface area (Å²) < 4.78 is 0. The molecular formula is C13H19N3O2. The van der Waals surface area contributed by atoms with Gasteiger partial charge in [0.05, 0.1) is 0 Å². The van der Waals surface area contributed by atoms with Crippen molar-refractivity contribution in [1.29, 1.82) is 0 Å². The van der Waals surface area contributed by atoms with E-state index >= 15 is 0 Å². The number of nitrogens with zero attached hydrogens (tertiary/aromatic N) is 3. The van der Waals surface area contributed by atoms with E-state index in [9.17, 15) is 4.79 Å². The molecule has 0 fully saturated rings. The summed E-state index contributed by atoms with van der Waals surface area (Å²) >= 11 is 0. The van der Waals surface area contributed by atoms with Gasteiger partial charge < -0.3 is 10.0 Å². The van der Waals surface area contributed by atoms with Gasteiger partial charge in [-0.3, -0.25) is 4.79 Å². The van der Waals surface area contributed by atoms with Gasteiger partial charge in [0.25, 0.3) is 0 Å². The van der Waals surface area contributed by atoms with Crippen LogP contribution in [-0.4, -0.2) is 33.6 Å². The molecule has 0 aromatic carbocycles. The van der Waals surface area contributed by atoms with Gasteiger partial charge >= 0.3 is 5.97 Å². The number of hydrogen-bond donors (Lipinski definition) is 1. The number of carbonyl (C=O) groups is 1. The largest absolute Gasteiger partial charge is 0.480 e. The van der Waals surface area contributed by atoms with Crippen LogP contribution in [0.1, 0.15) is 37.9 Å². The number of carboxylic acid groups (broad SMARTS) is 1. The normalized spacial score (nSPS) is 15.2. The van der Waals surface area contributed by atoms with E-state index in [0.29, 0.717) is 0 Å². The van der Waals surface area contributed by atoms with Crippen LogP contribution in [-0.2, 0) is 17.6 Å². The Morgan fingerprint density at radius 2 is 2.28 bits per heavy atom. The summed E-state index contributed by atoms with van der Waals surface area (Å²) in [4.78, 5) is 21.5. The van der Waals surface area contributed by atoms with Crippen LogP contribution < -0.4 is 4.90 Å². The second-order valence-electron chi connectivity index (χ2n) is 4.75. The van der Waals surface area contributed by atoms with E-state index in [-0.39, 0.29) is 12.6 Å². The highest BCUT2D eigenvalue weighted by molar-refractivity contribution is 5.74. The minimum atomic E-state index is -0.819. The molecule has 0 aliphatic heterocycles. The Balaban J connectivity index is 2.36.